The second-order valence-corrected chi connectivity index (χ2v) is 5.72. The maximum Gasteiger partial charge on any atom is 0.256 e. The summed E-state index contributed by atoms with van der Waals surface area (Å²) in [4.78, 5) is 36.9. The molecule has 7 heteroatoms. The fourth-order valence-corrected chi connectivity index (χ4v) is 2.36. The van der Waals surface area contributed by atoms with Crippen LogP contribution in [0.2, 0.25) is 0 Å². The maximum absolute atomic E-state index is 13.5. The number of piperazine rings is 1. The fraction of sp³-hybridized carbons (Fsp3) is 0.308. The van der Waals surface area contributed by atoms with Crippen LogP contribution in [0.25, 0.3) is 0 Å². The molecule has 0 saturated carbocycles. The molecule has 1 saturated heterocycles. The summed E-state index contributed by atoms with van der Waals surface area (Å²) in [5.41, 5.74) is -1.11. The van der Waals surface area contributed by atoms with Gasteiger partial charge < -0.3 is 4.90 Å². The van der Waals surface area contributed by atoms with E-state index in [2.05, 4.69) is 21.2 Å². The average molecular weight is 343 g/mol. The van der Waals surface area contributed by atoms with Gasteiger partial charge >= 0.3 is 0 Å². The zero-order chi connectivity index (χ0) is 15.1. The van der Waals surface area contributed by atoms with Crippen LogP contribution < -0.4 is 5.32 Å². The Morgan fingerprint density at radius 1 is 1.40 bits per heavy atom. The van der Waals surface area contributed by atoms with E-state index in [0.717, 1.165) is 4.90 Å². The van der Waals surface area contributed by atoms with Gasteiger partial charge in [-0.15, -0.1) is 0 Å². The lowest BCUT2D eigenvalue weighted by Gasteiger charge is -2.40. The van der Waals surface area contributed by atoms with Gasteiger partial charge in [-0.3, -0.25) is 19.7 Å². The van der Waals surface area contributed by atoms with Gasteiger partial charge in [-0.05, 0) is 41.9 Å². The number of hydrogen-bond acceptors (Lipinski definition) is 3. The van der Waals surface area contributed by atoms with E-state index >= 15 is 0 Å². The summed E-state index contributed by atoms with van der Waals surface area (Å²) in [7, 11) is 0. The molecular weight excluding hydrogens is 331 g/mol. The first-order chi connectivity index (χ1) is 9.25. The van der Waals surface area contributed by atoms with E-state index in [1.165, 1.54) is 32.0 Å². The monoisotopic (exact) mass is 342 g/mol. The number of hydrogen-bond donors (Lipinski definition) is 1. The number of rotatable bonds is 1. The van der Waals surface area contributed by atoms with Crippen molar-refractivity contribution in [3.05, 3.63) is 34.1 Å². The van der Waals surface area contributed by atoms with Crippen LogP contribution in [0.5, 0.6) is 0 Å². The normalized spacial score (nSPS) is 17.9. The van der Waals surface area contributed by atoms with Gasteiger partial charge in [0.25, 0.3) is 11.8 Å². The van der Waals surface area contributed by atoms with Gasteiger partial charge in [-0.1, -0.05) is 6.07 Å². The van der Waals surface area contributed by atoms with Crippen LogP contribution in [0.4, 0.5) is 4.39 Å². The van der Waals surface area contributed by atoms with E-state index in [1.54, 1.807) is 0 Å². The quantitative estimate of drug-likeness (QED) is 0.786. The lowest BCUT2D eigenvalue weighted by Crippen LogP contribution is -2.65. The van der Waals surface area contributed by atoms with Crippen molar-refractivity contribution < 1.29 is 18.8 Å². The van der Waals surface area contributed by atoms with Crippen molar-refractivity contribution in [2.24, 2.45) is 0 Å². The zero-order valence-electron chi connectivity index (χ0n) is 10.9. The van der Waals surface area contributed by atoms with Crippen molar-refractivity contribution in [1.82, 2.24) is 10.2 Å². The van der Waals surface area contributed by atoms with Crippen molar-refractivity contribution in [1.29, 1.82) is 0 Å². The minimum absolute atomic E-state index is 0.0132. The average Bonchev–Trinajstić information content (AvgIpc) is 2.37. The zero-order valence-corrected chi connectivity index (χ0v) is 12.5. The molecule has 1 N–H and O–H groups in total. The predicted octanol–water partition coefficient (Wildman–Crippen LogP) is 1.47. The third-order valence-electron chi connectivity index (χ3n) is 3.21. The van der Waals surface area contributed by atoms with Crippen LogP contribution in [0, 0.1) is 5.82 Å². The first-order valence-corrected chi connectivity index (χ1v) is 6.64. The molecule has 1 fully saturated rings. The molecule has 2 rings (SSSR count). The van der Waals surface area contributed by atoms with E-state index in [4.69, 9.17) is 0 Å². The fourth-order valence-electron chi connectivity index (χ4n) is 1.92. The van der Waals surface area contributed by atoms with Crippen LogP contribution in [-0.2, 0) is 9.59 Å². The standard InChI is InChI=1S/C13H12BrFN2O3/c1-13(2)12(20)16-9(18)6-17(13)11(19)7-4-3-5-8(15)10(7)14/h3-5H,6H2,1-2H3,(H,16,18,20). The number of carbonyl (C=O) groups excluding carboxylic acids is 3. The third-order valence-corrected chi connectivity index (χ3v) is 4.02. The molecule has 3 amide bonds. The summed E-state index contributed by atoms with van der Waals surface area (Å²) in [5, 5.41) is 2.17. The summed E-state index contributed by atoms with van der Waals surface area (Å²) in [6, 6.07) is 4.04. The van der Waals surface area contributed by atoms with Gasteiger partial charge in [0.15, 0.2) is 0 Å². The SMILES string of the molecule is CC1(C)C(=O)NC(=O)CN1C(=O)c1cccc(F)c1Br. The molecule has 0 spiro atoms. The Morgan fingerprint density at radius 2 is 2.05 bits per heavy atom. The van der Waals surface area contributed by atoms with Crippen molar-refractivity contribution in [3.8, 4) is 0 Å². The molecule has 1 aliphatic rings. The third kappa shape index (κ3) is 2.33. The Hall–Kier alpha value is -1.76. The van der Waals surface area contributed by atoms with Crippen molar-refractivity contribution in [3.63, 3.8) is 0 Å². The molecular formula is C13H12BrFN2O3. The van der Waals surface area contributed by atoms with Gasteiger partial charge in [0.05, 0.1) is 10.0 Å². The molecule has 0 bridgehead atoms. The lowest BCUT2D eigenvalue weighted by molar-refractivity contribution is -0.143. The number of nitrogens with zero attached hydrogens (tertiary/aromatic N) is 1. The Balaban J connectivity index is 2.43. The molecule has 0 radical (unpaired) electrons. The second-order valence-electron chi connectivity index (χ2n) is 4.93. The van der Waals surface area contributed by atoms with Crippen LogP contribution in [-0.4, -0.2) is 34.7 Å². The molecule has 106 valence electrons. The van der Waals surface area contributed by atoms with Crippen molar-refractivity contribution >= 4 is 33.7 Å². The Morgan fingerprint density at radius 3 is 2.70 bits per heavy atom. The summed E-state index contributed by atoms with van der Waals surface area (Å²) in [6.45, 7) is 2.81. The van der Waals surface area contributed by atoms with Crippen molar-refractivity contribution in [2.75, 3.05) is 6.54 Å². The largest absolute Gasteiger partial charge is 0.315 e. The van der Waals surface area contributed by atoms with Crippen LogP contribution in [0.15, 0.2) is 22.7 Å². The van der Waals surface area contributed by atoms with E-state index in [1.807, 2.05) is 0 Å². The minimum Gasteiger partial charge on any atom is -0.315 e. The van der Waals surface area contributed by atoms with Crippen LogP contribution in [0.1, 0.15) is 24.2 Å². The molecule has 0 unspecified atom stereocenters. The minimum atomic E-state index is -1.18. The molecule has 20 heavy (non-hydrogen) atoms. The smallest absolute Gasteiger partial charge is 0.256 e. The van der Waals surface area contributed by atoms with E-state index in [-0.39, 0.29) is 16.6 Å². The summed E-state index contributed by atoms with van der Waals surface area (Å²) >= 11 is 3.01. The van der Waals surface area contributed by atoms with Crippen LogP contribution >= 0.6 is 15.9 Å². The molecule has 0 aliphatic carbocycles. The Labute approximate surface area is 123 Å². The van der Waals surface area contributed by atoms with Crippen molar-refractivity contribution in [2.45, 2.75) is 19.4 Å². The topological polar surface area (TPSA) is 66.5 Å². The molecule has 1 aromatic carbocycles. The molecule has 1 heterocycles. The highest BCUT2D eigenvalue weighted by Crippen LogP contribution is 2.26. The Kier molecular flexibility index (Phi) is 3.64. The second kappa shape index (κ2) is 4.97. The Bertz CT molecular complexity index is 616. The number of carbonyl (C=O) groups is 3. The molecule has 5 nitrogen and oxygen atoms in total. The summed E-state index contributed by atoms with van der Waals surface area (Å²) in [6.07, 6.45) is 0. The van der Waals surface area contributed by atoms with Gasteiger partial charge in [-0.25, -0.2) is 4.39 Å². The summed E-state index contributed by atoms with van der Waals surface area (Å²) in [5.74, 6) is -2.28. The maximum atomic E-state index is 13.5. The van der Waals surface area contributed by atoms with E-state index < -0.39 is 29.1 Å². The molecule has 1 aromatic rings. The van der Waals surface area contributed by atoms with Gasteiger partial charge in [0, 0.05) is 0 Å². The highest BCUT2D eigenvalue weighted by Gasteiger charge is 2.44. The van der Waals surface area contributed by atoms with Gasteiger partial charge in [0.2, 0.25) is 5.91 Å². The molecule has 1 aliphatic heterocycles. The number of imide groups is 1. The number of nitrogens with one attached hydrogen (secondary N) is 1. The van der Waals surface area contributed by atoms with Gasteiger partial charge in [0.1, 0.15) is 17.9 Å². The van der Waals surface area contributed by atoms with E-state index in [9.17, 15) is 18.8 Å². The highest BCUT2D eigenvalue weighted by atomic mass is 79.9. The number of halogens is 2. The molecule has 0 atom stereocenters. The lowest BCUT2D eigenvalue weighted by atomic mass is 9.97. The highest BCUT2D eigenvalue weighted by molar-refractivity contribution is 9.10. The van der Waals surface area contributed by atoms with Crippen LogP contribution in [0.3, 0.4) is 0 Å². The summed E-state index contributed by atoms with van der Waals surface area (Å²) < 4.78 is 13.5. The first kappa shape index (κ1) is 14.6. The van der Waals surface area contributed by atoms with E-state index in [0.29, 0.717) is 0 Å². The number of amides is 3. The number of benzene rings is 1. The molecule has 0 aromatic heterocycles. The first-order valence-electron chi connectivity index (χ1n) is 5.85. The van der Waals surface area contributed by atoms with Gasteiger partial charge in [-0.2, -0.15) is 0 Å². The predicted molar refractivity (Wildman–Crippen MR) is 72.4 cm³/mol.